The molecule has 2 N–H and O–H groups in total. The monoisotopic (exact) mass is 353 g/mol. The Hall–Kier alpha value is -1.92. The van der Waals surface area contributed by atoms with E-state index in [0.717, 1.165) is 10.6 Å². The van der Waals surface area contributed by atoms with Crippen molar-refractivity contribution in [3.63, 3.8) is 0 Å². The number of rotatable bonds is 5. The number of aliphatic imine (C=N–C) groups is 1. The molecule has 0 unspecified atom stereocenters. The highest BCUT2D eigenvalue weighted by Gasteiger charge is 2.08. The minimum atomic E-state index is -0.881. The van der Waals surface area contributed by atoms with Gasteiger partial charge in [-0.3, -0.25) is 0 Å². The van der Waals surface area contributed by atoms with Crippen molar-refractivity contribution in [2.45, 2.75) is 4.90 Å². The second-order valence-corrected chi connectivity index (χ2v) is 5.88. The number of nitrogens with two attached hydrogens (primary N) is 1. The zero-order valence-corrected chi connectivity index (χ0v) is 14.4. The lowest BCUT2D eigenvalue weighted by Gasteiger charge is -2.19. The molecule has 0 amide bonds. The highest BCUT2D eigenvalue weighted by atomic mass is 35.5. The number of guanidine groups is 1. The summed E-state index contributed by atoms with van der Waals surface area (Å²) in [5.41, 5.74) is 7.39. The number of benzene rings is 2. The van der Waals surface area contributed by atoms with Crippen LogP contribution in [0.5, 0.6) is 5.75 Å². The molecule has 0 aliphatic rings. The lowest BCUT2D eigenvalue weighted by molar-refractivity contribution is 0.192. The third kappa shape index (κ3) is 4.53. The smallest absolute Gasteiger partial charge is 0.228 e. The molecule has 0 spiro atoms. The number of hydrogen-bond acceptors (Lipinski definition) is 3. The first kappa shape index (κ1) is 17.4. The molecule has 0 atom stereocenters. The summed E-state index contributed by atoms with van der Waals surface area (Å²) < 4.78 is 17.1. The van der Waals surface area contributed by atoms with E-state index < -0.39 is 6.86 Å². The van der Waals surface area contributed by atoms with E-state index in [1.165, 1.54) is 0 Å². The highest BCUT2D eigenvalue weighted by molar-refractivity contribution is 7.98. The summed E-state index contributed by atoms with van der Waals surface area (Å²) in [5.74, 6) is 0.689. The number of thioether (sulfide) groups is 1. The number of alkyl halides is 1. The van der Waals surface area contributed by atoms with Gasteiger partial charge in [-0.1, -0.05) is 17.7 Å². The quantitative estimate of drug-likeness (QED) is 0.490. The van der Waals surface area contributed by atoms with E-state index in [0.29, 0.717) is 16.5 Å². The van der Waals surface area contributed by atoms with Crippen LogP contribution in [0.2, 0.25) is 5.02 Å². The first-order valence-corrected chi connectivity index (χ1v) is 8.35. The molecule has 7 heteroatoms. The fourth-order valence-corrected chi connectivity index (χ4v) is 2.47. The number of ether oxygens (including phenoxy) is 1. The summed E-state index contributed by atoms with van der Waals surface area (Å²) in [7, 11) is 1.76. The number of hydrogen-bond donors (Lipinski definition) is 1. The zero-order valence-electron chi connectivity index (χ0n) is 12.8. The van der Waals surface area contributed by atoms with Crippen molar-refractivity contribution in [2.75, 3.05) is 25.1 Å². The van der Waals surface area contributed by atoms with E-state index in [1.54, 1.807) is 48.0 Å². The van der Waals surface area contributed by atoms with Gasteiger partial charge in [-0.15, -0.1) is 11.8 Å². The molecule has 0 bridgehead atoms. The minimum Gasteiger partial charge on any atom is -0.463 e. The number of nitrogens with zero attached hydrogens (tertiary/aromatic N) is 2. The lowest BCUT2D eigenvalue weighted by Crippen LogP contribution is -2.33. The van der Waals surface area contributed by atoms with E-state index in [-0.39, 0.29) is 5.96 Å². The molecule has 0 aliphatic carbocycles. The average molecular weight is 354 g/mol. The molecular weight excluding hydrogens is 337 g/mol. The largest absolute Gasteiger partial charge is 0.463 e. The Labute approximate surface area is 144 Å². The summed E-state index contributed by atoms with van der Waals surface area (Å²) >= 11 is 7.76. The maximum atomic E-state index is 12.3. The van der Waals surface area contributed by atoms with Gasteiger partial charge in [-0.25, -0.2) is 9.38 Å². The van der Waals surface area contributed by atoms with E-state index in [1.807, 2.05) is 24.5 Å². The third-order valence-corrected chi connectivity index (χ3v) is 4.20. The van der Waals surface area contributed by atoms with Gasteiger partial charge in [0.15, 0.2) is 0 Å². The van der Waals surface area contributed by atoms with Crippen molar-refractivity contribution in [3.8, 4) is 5.75 Å². The molecule has 0 heterocycles. The van der Waals surface area contributed by atoms with Crippen LogP contribution in [-0.4, -0.2) is 26.1 Å². The summed E-state index contributed by atoms with van der Waals surface area (Å²) in [6, 6.07) is 12.5. The van der Waals surface area contributed by atoms with Gasteiger partial charge in [-0.05, 0) is 36.6 Å². The molecule has 0 fully saturated rings. The van der Waals surface area contributed by atoms with Crippen molar-refractivity contribution in [1.82, 2.24) is 0 Å². The Kier molecular flexibility index (Phi) is 6.12. The van der Waals surface area contributed by atoms with Gasteiger partial charge >= 0.3 is 0 Å². The Balaban J connectivity index is 2.28. The average Bonchev–Trinajstić information content (AvgIpc) is 2.56. The summed E-state index contributed by atoms with van der Waals surface area (Å²) in [4.78, 5) is 7.10. The van der Waals surface area contributed by atoms with Crippen molar-refractivity contribution >= 4 is 40.7 Å². The Morgan fingerprint density at radius 2 is 2.13 bits per heavy atom. The topological polar surface area (TPSA) is 50.8 Å². The lowest BCUT2D eigenvalue weighted by atomic mass is 10.3. The second-order valence-electron chi connectivity index (χ2n) is 4.60. The van der Waals surface area contributed by atoms with E-state index in [9.17, 15) is 4.39 Å². The van der Waals surface area contributed by atoms with Crippen LogP contribution in [0.25, 0.3) is 0 Å². The normalized spacial score (nSPS) is 11.4. The van der Waals surface area contributed by atoms with Gasteiger partial charge in [-0.2, -0.15) is 0 Å². The predicted octanol–water partition coefficient (Wildman–Crippen LogP) is 4.45. The van der Waals surface area contributed by atoms with Crippen molar-refractivity contribution in [2.24, 2.45) is 10.7 Å². The third-order valence-electron chi connectivity index (χ3n) is 3.16. The Morgan fingerprint density at radius 3 is 2.83 bits per heavy atom. The summed E-state index contributed by atoms with van der Waals surface area (Å²) in [6.45, 7) is -0.881. The molecule has 0 aliphatic heterocycles. The zero-order chi connectivity index (χ0) is 16.8. The molecule has 0 radical (unpaired) electrons. The van der Waals surface area contributed by atoms with Gasteiger partial charge in [0.25, 0.3) is 0 Å². The van der Waals surface area contributed by atoms with Crippen LogP contribution in [0, 0.1) is 0 Å². The maximum absolute atomic E-state index is 12.3. The van der Waals surface area contributed by atoms with Crippen molar-refractivity contribution < 1.29 is 9.13 Å². The summed E-state index contributed by atoms with van der Waals surface area (Å²) in [6.07, 6.45) is 1.97. The fraction of sp³-hybridized carbons (Fsp3) is 0.188. The van der Waals surface area contributed by atoms with Crippen LogP contribution in [0.3, 0.4) is 0 Å². The second kappa shape index (κ2) is 8.08. The first-order valence-electron chi connectivity index (χ1n) is 6.75. The molecule has 0 saturated carbocycles. The molecule has 0 aromatic heterocycles. The fourth-order valence-electron chi connectivity index (χ4n) is 1.88. The number of halogens is 2. The van der Waals surface area contributed by atoms with Gasteiger partial charge in [0, 0.05) is 23.7 Å². The van der Waals surface area contributed by atoms with Crippen molar-refractivity contribution in [1.29, 1.82) is 0 Å². The SMILES string of the molecule is CSc1ccc(Cl)c(N=C(N)N(C)c2cccc(OCF)c2)c1. The highest BCUT2D eigenvalue weighted by Crippen LogP contribution is 2.30. The molecular formula is C16H17ClFN3OS. The minimum absolute atomic E-state index is 0.266. The van der Waals surface area contributed by atoms with Crippen LogP contribution in [0.15, 0.2) is 52.4 Å². The molecule has 4 nitrogen and oxygen atoms in total. The van der Waals surface area contributed by atoms with Crippen LogP contribution >= 0.6 is 23.4 Å². The molecule has 2 aromatic carbocycles. The first-order chi connectivity index (χ1) is 11.0. The van der Waals surface area contributed by atoms with Crippen LogP contribution in [-0.2, 0) is 0 Å². The summed E-state index contributed by atoms with van der Waals surface area (Å²) in [5, 5.41) is 0.522. The van der Waals surface area contributed by atoms with Gasteiger partial charge in [0.2, 0.25) is 12.8 Å². The molecule has 2 rings (SSSR count). The van der Waals surface area contributed by atoms with E-state index in [4.69, 9.17) is 22.1 Å². The van der Waals surface area contributed by atoms with Crippen LogP contribution in [0.1, 0.15) is 0 Å². The van der Waals surface area contributed by atoms with E-state index in [2.05, 4.69) is 4.99 Å². The maximum Gasteiger partial charge on any atom is 0.228 e. The number of anilines is 1. The molecule has 122 valence electrons. The molecule has 2 aromatic rings. The standard InChI is InChI=1S/C16H17ClFN3OS/c1-21(11-4-3-5-12(8-11)22-10-18)16(19)20-15-9-13(23-2)6-7-14(15)17/h3-9H,10H2,1-2H3,(H2,19,20). The van der Waals surface area contributed by atoms with Gasteiger partial charge in [0.05, 0.1) is 10.7 Å². The van der Waals surface area contributed by atoms with Gasteiger partial charge in [0.1, 0.15) is 5.75 Å². The Morgan fingerprint density at radius 1 is 1.35 bits per heavy atom. The van der Waals surface area contributed by atoms with Crippen LogP contribution < -0.4 is 15.4 Å². The predicted molar refractivity (Wildman–Crippen MR) is 96.0 cm³/mol. The van der Waals surface area contributed by atoms with Gasteiger partial charge < -0.3 is 15.4 Å². The van der Waals surface area contributed by atoms with Crippen LogP contribution in [0.4, 0.5) is 15.8 Å². The Bertz CT molecular complexity index is 711. The molecule has 23 heavy (non-hydrogen) atoms. The molecule has 0 saturated heterocycles. The van der Waals surface area contributed by atoms with E-state index >= 15 is 0 Å². The van der Waals surface area contributed by atoms with Crippen molar-refractivity contribution in [3.05, 3.63) is 47.5 Å².